The Morgan fingerprint density at radius 2 is 1.73 bits per heavy atom. The third-order valence-corrected chi connectivity index (χ3v) is 3.00. The summed E-state index contributed by atoms with van der Waals surface area (Å²) in [6.45, 7) is 1.79. The smallest absolute Gasteiger partial charge is 0.195 e. The van der Waals surface area contributed by atoms with Gasteiger partial charge in [-0.25, -0.2) is 9.97 Å². The standard InChI is InChI=1S/C8H8Cl2N2O2S/c1-3-13-7(14-3)4-5(9)11-8(15-2)12-6(4)10/h3,7H,1-2H3. The van der Waals surface area contributed by atoms with Gasteiger partial charge in [0.05, 0.1) is 5.56 Å². The van der Waals surface area contributed by atoms with Crippen molar-refractivity contribution in [3.63, 3.8) is 0 Å². The molecule has 0 unspecified atom stereocenters. The summed E-state index contributed by atoms with van der Waals surface area (Å²) in [5.74, 6) is 0. The van der Waals surface area contributed by atoms with Gasteiger partial charge in [0.15, 0.2) is 17.7 Å². The average Bonchev–Trinajstić information content (AvgIpc) is 2.13. The van der Waals surface area contributed by atoms with Crippen molar-refractivity contribution in [1.29, 1.82) is 0 Å². The highest BCUT2D eigenvalue weighted by atomic mass is 35.5. The number of hydrogen-bond donors (Lipinski definition) is 0. The van der Waals surface area contributed by atoms with E-state index in [-0.39, 0.29) is 16.6 Å². The van der Waals surface area contributed by atoms with E-state index in [4.69, 9.17) is 32.7 Å². The van der Waals surface area contributed by atoms with Crippen molar-refractivity contribution in [3.8, 4) is 0 Å². The predicted molar refractivity (Wildman–Crippen MR) is 58.2 cm³/mol. The molecule has 1 aliphatic rings. The highest BCUT2D eigenvalue weighted by Gasteiger charge is 2.33. The maximum absolute atomic E-state index is 5.96. The van der Waals surface area contributed by atoms with Gasteiger partial charge in [-0.15, -0.1) is 0 Å². The van der Waals surface area contributed by atoms with E-state index in [0.29, 0.717) is 10.7 Å². The van der Waals surface area contributed by atoms with E-state index in [1.807, 2.05) is 6.26 Å². The lowest BCUT2D eigenvalue weighted by Gasteiger charge is -2.34. The molecule has 2 rings (SSSR count). The van der Waals surface area contributed by atoms with Crippen LogP contribution in [0.3, 0.4) is 0 Å². The van der Waals surface area contributed by atoms with E-state index in [1.165, 1.54) is 11.8 Å². The van der Waals surface area contributed by atoms with Crippen LogP contribution >= 0.6 is 35.0 Å². The molecular weight excluding hydrogens is 259 g/mol. The van der Waals surface area contributed by atoms with Gasteiger partial charge in [-0.1, -0.05) is 35.0 Å². The molecule has 0 amide bonds. The normalized spacial score (nSPS) is 25.1. The number of hydrogen-bond acceptors (Lipinski definition) is 5. The van der Waals surface area contributed by atoms with Gasteiger partial charge in [-0.05, 0) is 13.2 Å². The van der Waals surface area contributed by atoms with Crippen molar-refractivity contribution < 1.29 is 9.47 Å². The van der Waals surface area contributed by atoms with Crippen molar-refractivity contribution >= 4 is 35.0 Å². The number of aromatic nitrogens is 2. The number of nitrogens with zero attached hydrogens (tertiary/aromatic N) is 2. The van der Waals surface area contributed by atoms with Gasteiger partial charge >= 0.3 is 0 Å². The Labute approximate surface area is 101 Å². The second-order valence-corrected chi connectivity index (χ2v) is 4.37. The molecule has 0 aromatic carbocycles. The lowest BCUT2D eigenvalue weighted by atomic mass is 10.3. The molecule has 1 fully saturated rings. The van der Waals surface area contributed by atoms with E-state index < -0.39 is 6.29 Å². The molecule has 0 aliphatic carbocycles. The quantitative estimate of drug-likeness (QED) is 0.468. The van der Waals surface area contributed by atoms with Gasteiger partial charge < -0.3 is 9.47 Å². The molecule has 7 heteroatoms. The highest BCUT2D eigenvalue weighted by Crippen LogP contribution is 2.38. The molecule has 0 atom stereocenters. The Kier molecular flexibility index (Phi) is 3.37. The first-order valence-electron chi connectivity index (χ1n) is 4.19. The monoisotopic (exact) mass is 266 g/mol. The molecule has 15 heavy (non-hydrogen) atoms. The van der Waals surface area contributed by atoms with Crippen molar-refractivity contribution in [2.24, 2.45) is 0 Å². The molecule has 0 radical (unpaired) electrons. The molecule has 1 aromatic rings. The maximum Gasteiger partial charge on any atom is 0.195 e. The maximum atomic E-state index is 5.96. The predicted octanol–water partition coefficient (Wildman–Crippen LogP) is 2.90. The van der Waals surface area contributed by atoms with Gasteiger partial charge in [0.2, 0.25) is 0 Å². The molecule has 0 N–H and O–H groups in total. The van der Waals surface area contributed by atoms with Crippen molar-refractivity contribution in [2.45, 2.75) is 24.7 Å². The first-order valence-corrected chi connectivity index (χ1v) is 6.17. The van der Waals surface area contributed by atoms with Crippen molar-refractivity contribution in [3.05, 3.63) is 15.9 Å². The van der Waals surface area contributed by atoms with Gasteiger partial charge in [-0.3, -0.25) is 0 Å². The topological polar surface area (TPSA) is 44.2 Å². The summed E-state index contributed by atoms with van der Waals surface area (Å²) < 4.78 is 10.6. The minimum Gasteiger partial charge on any atom is -0.319 e. The number of halogens is 2. The lowest BCUT2D eigenvalue weighted by Crippen LogP contribution is -2.32. The van der Waals surface area contributed by atoms with Crippen LogP contribution < -0.4 is 0 Å². The Bertz CT molecular complexity index is 362. The van der Waals surface area contributed by atoms with Gasteiger partial charge in [0, 0.05) is 0 Å². The van der Waals surface area contributed by atoms with Crippen LogP contribution in [0.5, 0.6) is 0 Å². The van der Waals surface area contributed by atoms with E-state index in [0.717, 1.165) is 0 Å². The summed E-state index contributed by atoms with van der Waals surface area (Å²) in [5, 5.41) is 1.08. The molecule has 2 heterocycles. The molecular formula is C8H8Cl2N2O2S. The molecule has 0 spiro atoms. The summed E-state index contributed by atoms with van der Waals surface area (Å²) >= 11 is 13.3. The van der Waals surface area contributed by atoms with E-state index >= 15 is 0 Å². The molecule has 1 aromatic heterocycles. The van der Waals surface area contributed by atoms with E-state index in [1.54, 1.807) is 6.92 Å². The van der Waals surface area contributed by atoms with Gasteiger partial charge in [0.25, 0.3) is 0 Å². The lowest BCUT2D eigenvalue weighted by molar-refractivity contribution is -0.382. The van der Waals surface area contributed by atoms with Crippen LogP contribution in [0.4, 0.5) is 0 Å². The third kappa shape index (κ3) is 2.21. The Balaban J connectivity index is 2.31. The van der Waals surface area contributed by atoms with Crippen molar-refractivity contribution in [1.82, 2.24) is 9.97 Å². The highest BCUT2D eigenvalue weighted by molar-refractivity contribution is 7.98. The van der Waals surface area contributed by atoms with Crippen LogP contribution in [0.2, 0.25) is 10.3 Å². The molecule has 1 aliphatic heterocycles. The molecule has 82 valence electrons. The summed E-state index contributed by atoms with van der Waals surface area (Å²) in [6, 6.07) is 0. The van der Waals surface area contributed by atoms with Crippen LogP contribution in [0.15, 0.2) is 5.16 Å². The number of ether oxygens (including phenoxy) is 2. The fourth-order valence-corrected chi connectivity index (χ4v) is 2.21. The van der Waals surface area contributed by atoms with Gasteiger partial charge in [0.1, 0.15) is 10.3 Å². The summed E-state index contributed by atoms with van der Waals surface area (Å²) in [5.41, 5.74) is 0.495. The van der Waals surface area contributed by atoms with E-state index in [2.05, 4.69) is 9.97 Å². The fourth-order valence-electron chi connectivity index (χ4n) is 1.18. The molecule has 4 nitrogen and oxygen atoms in total. The largest absolute Gasteiger partial charge is 0.319 e. The number of rotatable bonds is 2. The van der Waals surface area contributed by atoms with Crippen molar-refractivity contribution in [2.75, 3.05) is 6.26 Å². The zero-order valence-corrected chi connectivity index (χ0v) is 10.4. The zero-order valence-electron chi connectivity index (χ0n) is 8.03. The first kappa shape index (κ1) is 11.4. The number of thioether (sulfide) groups is 1. The Morgan fingerprint density at radius 3 is 2.13 bits per heavy atom. The van der Waals surface area contributed by atoms with Gasteiger partial charge in [-0.2, -0.15) is 0 Å². The van der Waals surface area contributed by atoms with E-state index in [9.17, 15) is 0 Å². The summed E-state index contributed by atoms with van der Waals surface area (Å²) in [4.78, 5) is 8.11. The van der Waals surface area contributed by atoms with Crippen LogP contribution in [0.1, 0.15) is 18.8 Å². The molecule has 1 saturated heterocycles. The minimum atomic E-state index is -0.545. The Hall–Kier alpha value is -0.0700. The van der Waals surface area contributed by atoms with Crippen LogP contribution in [-0.2, 0) is 9.47 Å². The second kappa shape index (κ2) is 4.43. The van der Waals surface area contributed by atoms with Crippen LogP contribution in [0.25, 0.3) is 0 Å². The van der Waals surface area contributed by atoms with Crippen LogP contribution in [-0.4, -0.2) is 22.5 Å². The molecule has 0 saturated carbocycles. The fraction of sp³-hybridized carbons (Fsp3) is 0.500. The summed E-state index contributed by atoms with van der Waals surface area (Å²) in [6.07, 6.45) is 1.07. The third-order valence-electron chi connectivity index (χ3n) is 1.88. The van der Waals surface area contributed by atoms with Crippen LogP contribution in [0, 0.1) is 0 Å². The SMILES string of the molecule is CSc1nc(Cl)c(C2OC(C)O2)c(Cl)n1. The first-order chi connectivity index (χ1) is 7.11. The summed E-state index contributed by atoms with van der Waals surface area (Å²) in [7, 11) is 0. The Morgan fingerprint density at radius 1 is 1.20 bits per heavy atom. The second-order valence-electron chi connectivity index (χ2n) is 2.88. The average molecular weight is 267 g/mol. The zero-order chi connectivity index (χ0) is 11.0. The minimum absolute atomic E-state index is 0.234. The molecule has 0 bridgehead atoms.